The zero-order chi connectivity index (χ0) is 52.2. The first kappa shape index (κ1) is 68.1. The third kappa shape index (κ3) is 57.0. The van der Waals surface area contributed by atoms with Crippen LogP contribution in [0.2, 0.25) is 0 Å². The van der Waals surface area contributed by atoms with Gasteiger partial charge in [0, 0.05) is 19.3 Å². The van der Waals surface area contributed by atoms with E-state index in [0.29, 0.717) is 19.3 Å². The monoisotopic (exact) mass is 999 g/mol. The first-order chi connectivity index (χ1) is 35.5. The highest BCUT2D eigenvalue weighted by atomic mass is 16.6. The van der Waals surface area contributed by atoms with Gasteiger partial charge in [0.05, 0.1) is 0 Å². The lowest BCUT2D eigenvalue weighted by Crippen LogP contribution is -2.30. The molecule has 0 amide bonds. The van der Waals surface area contributed by atoms with E-state index in [1.807, 2.05) is 0 Å². The molecule has 6 nitrogen and oxygen atoms in total. The van der Waals surface area contributed by atoms with Crippen molar-refractivity contribution in [1.29, 1.82) is 0 Å². The smallest absolute Gasteiger partial charge is 0.306 e. The lowest BCUT2D eigenvalue weighted by atomic mass is 10.1. The Hall–Kier alpha value is -3.93. The van der Waals surface area contributed by atoms with Crippen molar-refractivity contribution in [3.05, 3.63) is 109 Å². The molecule has 0 heterocycles. The van der Waals surface area contributed by atoms with Crippen LogP contribution in [-0.2, 0) is 28.6 Å². The van der Waals surface area contributed by atoms with Crippen LogP contribution in [0, 0.1) is 0 Å². The van der Waals surface area contributed by atoms with Gasteiger partial charge in [-0.2, -0.15) is 0 Å². The van der Waals surface area contributed by atoms with Crippen molar-refractivity contribution in [2.75, 3.05) is 13.2 Å². The molecule has 0 saturated carbocycles. The van der Waals surface area contributed by atoms with Crippen molar-refractivity contribution in [2.24, 2.45) is 0 Å². The number of carbonyl (C=O) groups is 3. The molecular weight excluding hydrogens is 889 g/mol. The average molecular weight is 1000 g/mol. The largest absolute Gasteiger partial charge is 0.462 e. The lowest BCUT2D eigenvalue weighted by molar-refractivity contribution is -0.167. The summed E-state index contributed by atoms with van der Waals surface area (Å²) in [4.78, 5) is 38.2. The van der Waals surface area contributed by atoms with Crippen LogP contribution < -0.4 is 0 Å². The second kappa shape index (κ2) is 59.6. The van der Waals surface area contributed by atoms with Crippen LogP contribution in [0.25, 0.3) is 0 Å². The van der Waals surface area contributed by atoms with Crippen LogP contribution in [0.1, 0.15) is 271 Å². The molecule has 0 aromatic heterocycles. The molecule has 0 spiro atoms. The van der Waals surface area contributed by atoms with Gasteiger partial charge in [-0.05, 0) is 128 Å². The normalized spacial score (nSPS) is 12.9. The first-order valence-corrected chi connectivity index (χ1v) is 29.9. The van der Waals surface area contributed by atoms with Crippen molar-refractivity contribution >= 4 is 17.9 Å². The Bertz CT molecular complexity index is 1470. The van der Waals surface area contributed by atoms with Crippen molar-refractivity contribution < 1.29 is 28.6 Å². The fourth-order valence-corrected chi connectivity index (χ4v) is 8.00. The molecule has 0 bridgehead atoms. The summed E-state index contributed by atoms with van der Waals surface area (Å²) < 4.78 is 16.8. The molecule has 0 radical (unpaired) electrons. The van der Waals surface area contributed by atoms with E-state index in [4.69, 9.17) is 14.2 Å². The third-order valence-electron chi connectivity index (χ3n) is 12.5. The van der Waals surface area contributed by atoms with E-state index in [0.717, 1.165) is 116 Å². The van der Waals surface area contributed by atoms with Gasteiger partial charge in [-0.25, -0.2) is 0 Å². The molecule has 0 fully saturated rings. The van der Waals surface area contributed by atoms with Crippen LogP contribution in [-0.4, -0.2) is 37.2 Å². The number of carbonyl (C=O) groups excluding carboxylic acids is 3. The molecule has 0 aliphatic rings. The Balaban J connectivity index is 4.48. The number of hydrogen-bond donors (Lipinski definition) is 0. The van der Waals surface area contributed by atoms with E-state index in [9.17, 15) is 14.4 Å². The minimum absolute atomic E-state index is 0.0989. The summed E-state index contributed by atoms with van der Waals surface area (Å²) >= 11 is 0. The van der Waals surface area contributed by atoms with Crippen LogP contribution in [0.4, 0.5) is 0 Å². The number of rotatable bonds is 53. The van der Waals surface area contributed by atoms with E-state index < -0.39 is 6.10 Å². The molecule has 0 aliphatic heterocycles. The third-order valence-corrected chi connectivity index (χ3v) is 12.5. The topological polar surface area (TPSA) is 78.9 Å². The number of unbranched alkanes of at least 4 members (excludes halogenated alkanes) is 24. The highest BCUT2D eigenvalue weighted by Crippen LogP contribution is 2.14. The maximum atomic E-state index is 12.9. The zero-order valence-electron chi connectivity index (χ0n) is 46.9. The van der Waals surface area contributed by atoms with Crippen molar-refractivity contribution in [3.8, 4) is 0 Å². The van der Waals surface area contributed by atoms with E-state index in [1.54, 1.807) is 0 Å². The fourth-order valence-electron chi connectivity index (χ4n) is 8.00. The molecule has 1 unspecified atom stereocenters. The molecule has 0 aliphatic carbocycles. The molecule has 0 rings (SSSR count). The van der Waals surface area contributed by atoms with Gasteiger partial charge in [-0.3, -0.25) is 14.4 Å². The van der Waals surface area contributed by atoms with E-state index in [1.165, 1.54) is 116 Å². The van der Waals surface area contributed by atoms with Gasteiger partial charge in [0.1, 0.15) is 13.2 Å². The molecule has 6 heteroatoms. The Kier molecular flexibility index (Phi) is 56.4. The van der Waals surface area contributed by atoms with Crippen molar-refractivity contribution in [2.45, 2.75) is 277 Å². The van der Waals surface area contributed by atoms with Crippen LogP contribution in [0.5, 0.6) is 0 Å². The number of ether oxygens (including phenoxy) is 3. The van der Waals surface area contributed by atoms with E-state index in [-0.39, 0.29) is 31.1 Å². The van der Waals surface area contributed by atoms with Gasteiger partial charge in [-0.15, -0.1) is 0 Å². The van der Waals surface area contributed by atoms with Crippen molar-refractivity contribution in [1.82, 2.24) is 0 Å². The van der Waals surface area contributed by atoms with E-state index >= 15 is 0 Å². The molecule has 0 aromatic rings. The molecule has 410 valence electrons. The highest BCUT2D eigenvalue weighted by Gasteiger charge is 2.19. The Morgan fingerprint density at radius 2 is 0.542 bits per heavy atom. The molecular formula is C66H110O6. The molecule has 1 atom stereocenters. The minimum Gasteiger partial charge on any atom is -0.462 e. The minimum atomic E-state index is -0.804. The summed E-state index contributed by atoms with van der Waals surface area (Å²) in [7, 11) is 0. The van der Waals surface area contributed by atoms with Gasteiger partial charge in [-0.1, -0.05) is 233 Å². The van der Waals surface area contributed by atoms with Gasteiger partial charge in [0.15, 0.2) is 6.10 Å². The standard InChI is InChI=1S/C66H110O6/c1-4-7-10-13-16-19-22-25-28-30-32-33-35-36-38-41-44-47-50-53-56-59-65(68)71-62-63(61-70-64(67)58-55-52-49-46-43-40-27-24-21-18-15-12-9-6-3)72-66(69)60-57-54-51-48-45-42-39-37-34-31-29-26-23-20-17-14-11-8-5-2/h7,10,16-17,19-20,24-29,32-33,36,38,44,47,63H,4-6,8-9,11-15,18,21-23,30-31,34-35,37,39-43,45-46,48-62H2,1-3H3/b10-7-,19-16-,20-17-,27-24-,28-25-,29-26-,33-32-,38-36-,47-44-. The zero-order valence-corrected chi connectivity index (χ0v) is 46.9. The summed E-state index contributed by atoms with van der Waals surface area (Å²) in [5.41, 5.74) is 0. The van der Waals surface area contributed by atoms with Crippen LogP contribution >= 0.6 is 0 Å². The second-order valence-electron chi connectivity index (χ2n) is 19.5. The maximum Gasteiger partial charge on any atom is 0.306 e. The molecule has 0 N–H and O–H groups in total. The quantitative estimate of drug-likeness (QED) is 0.0261. The predicted octanol–water partition coefficient (Wildman–Crippen LogP) is 20.3. The van der Waals surface area contributed by atoms with Gasteiger partial charge in [0.25, 0.3) is 0 Å². The van der Waals surface area contributed by atoms with Crippen LogP contribution in [0.15, 0.2) is 109 Å². The van der Waals surface area contributed by atoms with E-state index in [2.05, 4.69) is 130 Å². The summed E-state index contributed by atoms with van der Waals surface area (Å²) in [5, 5.41) is 0. The first-order valence-electron chi connectivity index (χ1n) is 29.9. The van der Waals surface area contributed by atoms with Gasteiger partial charge < -0.3 is 14.2 Å². The summed E-state index contributed by atoms with van der Waals surface area (Å²) in [6, 6.07) is 0. The summed E-state index contributed by atoms with van der Waals surface area (Å²) in [5.74, 6) is -0.953. The average Bonchev–Trinajstić information content (AvgIpc) is 3.38. The lowest BCUT2D eigenvalue weighted by Gasteiger charge is -2.18. The van der Waals surface area contributed by atoms with Crippen LogP contribution in [0.3, 0.4) is 0 Å². The predicted molar refractivity (Wildman–Crippen MR) is 311 cm³/mol. The summed E-state index contributed by atoms with van der Waals surface area (Å²) in [6.45, 7) is 6.45. The highest BCUT2D eigenvalue weighted by molar-refractivity contribution is 5.71. The summed E-state index contributed by atoms with van der Waals surface area (Å²) in [6.07, 6.45) is 80.8. The Morgan fingerprint density at radius 3 is 0.917 bits per heavy atom. The Labute approximate surface area is 444 Å². The SMILES string of the molecule is CC/C=C\C/C=C\C/C=C\C/C=C\C/C=C\C/C=C\CCCCC(=O)OCC(COC(=O)CCCCCCC/C=C\CCCCCCC)OC(=O)CCCCCCCCCCC/C=C\C/C=C\CCCCC. The second-order valence-corrected chi connectivity index (χ2v) is 19.5. The number of hydrogen-bond acceptors (Lipinski definition) is 6. The maximum absolute atomic E-state index is 12.9. The molecule has 0 aromatic carbocycles. The van der Waals surface area contributed by atoms with Gasteiger partial charge >= 0.3 is 17.9 Å². The van der Waals surface area contributed by atoms with Crippen molar-refractivity contribution in [3.63, 3.8) is 0 Å². The van der Waals surface area contributed by atoms with Gasteiger partial charge in [0.2, 0.25) is 0 Å². The molecule has 0 saturated heterocycles. The number of allylic oxidation sites excluding steroid dienone is 18. The Morgan fingerprint density at radius 1 is 0.292 bits per heavy atom. The number of esters is 3. The fraction of sp³-hybridized carbons (Fsp3) is 0.682. The molecule has 72 heavy (non-hydrogen) atoms.